The zero-order valence-electron chi connectivity index (χ0n) is 15.9. The monoisotopic (exact) mass is 439 g/mol. The number of benzene rings is 3. The van der Waals surface area contributed by atoms with E-state index in [0.717, 1.165) is 0 Å². The van der Waals surface area contributed by atoms with E-state index < -0.39 is 28.6 Å². The summed E-state index contributed by atoms with van der Waals surface area (Å²) in [4.78, 5) is 37.7. The number of nitrogens with one attached hydrogen (secondary N) is 1. The maximum absolute atomic E-state index is 13.6. The molecule has 3 aromatic rings. The van der Waals surface area contributed by atoms with Crippen LogP contribution in [0.15, 0.2) is 66.7 Å². The maximum Gasteiger partial charge on any atom is 0.269 e. The summed E-state index contributed by atoms with van der Waals surface area (Å²) in [6, 6.07) is 14.9. The van der Waals surface area contributed by atoms with Crippen LogP contribution in [0.25, 0.3) is 0 Å². The van der Waals surface area contributed by atoms with Gasteiger partial charge in [-0.1, -0.05) is 23.7 Å². The first-order chi connectivity index (χ1) is 14.8. The van der Waals surface area contributed by atoms with Gasteiger partial charge in [-0.25, -0.2) is 4.39 Å². The summed E-state index contributed by atoms with van der Waals surface area (Å²) in [5, 5.41) is 14.1. The van der Waals surface area contributed by atoms with Gasteiger partial charge >= 0.3 is 0 Å². The van der Waals surface area contributed by atoms with E-state index in [4.69, 9.17) is 11.6 Å². The van der Waals surface area contributed by atoms with Gasteiger partial charge in [0.15, 0.2) is 0 Å². The van der Waals surface area contributed by atoms with Gasteiger partial charge in [-0.05, 0) is 48.0 Å². The van der Waals surface area contributed by atoms with Crippen molar-refractivity contribution >= 4 is 34.8 Å². The molecule has 0 fully saturated rings. The Morgan fingerprint density at radius 3 is 2.42 bits per heavy atom. The standard InChI is InChI=1S/C22H15ClFN3O4/c23-15-5-10-19-18(11-15)21(13-1-6-16(24)7-2-13)26(12-20(28)25-19)22(29)14-3-8-17(9-4-14)27(30)31/h1-11,21H,12H2,(H,25,28). The highest BCUT2D eigenvalue weighted by atomic mass is 35.5. The van der Waals surface area contributed by atoms with Crippen molar-refractivity contribution in [3.8, 4) is 0 Å². The molecule has 2 amide bonds. The van der Waals surface area contributed by atoms with E-state index in [9.17, 15) is 24.1 Å². The van der Waals surface area contributed by atoms with Gasteiger partial charge in [0.25, 0.3) is 11.6 Å². The summed E-state index contributed by atoms with van der Waals surface area (Å²) in [5.41, 5.74) is 1.66. The zero-order chi connectivity index (χ0) is 22.1. The summed E-state index contributed by atoms with van der Waals surface area (Å²) < 4.78 is 13.6. The van der Waals surface area contributed by atoms with Crippen LogP contribution in [-0.4, -0.2) is 28.2 Å². The van der Waals surface area contributed by atoms with Gasteiger partial charge in [-0.2, -0.15) is 0 Å². The molecule has 0 aliphatic carbocycles. The van der Waals surface area contributed by atoms with Crippen LogP contribution in [-0.2, 0) is 4.79 Å². The summed E-state index contributed by atoms with van der Waals surface area (Å²) in [5.74, 6) is -1.36. The lowest BCUT2D eigenvalue weighted by Gasteiger charge is -2.30. The van der Waals surface area contributed by atoms with Crippen molar-refractivity contribution in [2.24, 2.45) is 0 Å². The number of nitrogens with zero attached hydrogens (tertiary/aromatic N) is 2. The van der Waals surface area contributed by atoms with E-state index >= 15 is 0 Å². The van der Waals surface area contributed by atoms with Crippen LogP contribution in [0.2, 0.25) is 5.02 Å². The van der Waals surface area contributed by atoms with Crippen LogP contribution in [0, 0.1) is 15.9 Å². The highest BCUT2D eigenvalue weighted by Crippen LogP contribution is 2.38. The Hall–Kier alpha value is -3.78. The molecule has 31 heavy (non-hydrogen) atoms. The Kier molecular flexibility index (Phi) is 5.39. The molecule has 1 unspecified atom stereocenters. The molecule has 0 radical (unpaired) electrons. The van der Waals surface area contributed by atoms with Gasteiger partial charge in [0, 0.05) is 34.0 Å². The van der Waals surface area contributed by atoms with Crippen molar-refractivity contribution in [2.75, 3.05) is 11.9 Å². The van der Waals surface area contributed by atoms with Gasteiger partial charge < -0.3 is 10.2 Å². The van der Waals surface area contributed by atoms with Crippen LogP contribution >= 0.6 is 11.6 Å². The number of nitro benzene ring substituents is 1. The summed E-state index contributed by atoms with van der Waals surface area (Å²) >= 11 is 6.20. The Morgan fingerprint density at radius 2 is 1.77 bits per heavy atom. The van der Waals surface area contributed by atoms with Crippen LogP contribution in [0.3, 0.4) is 0 Å². The summed E-state index contributed by atoms with van der Waals surface area (Å²) in [6.45, 7) is -0.274. The maximum atomic E-state index is 13.6. The van der Waals surface area contributed by atoms with E-state index in [2.05, 4.69) is 5.32 Å². The molecule has 1 N–H and O–H groups in total. The van der Waals surface area contributed by atoms with E-state index in [1.807, 2.05) is 0 Å². The number of fused-ring (bicyclic) bond motifs is 1. The number of carbonyl (C=O) groups is 2. The number of hydrogen-bond donors (Lipinski definition) is 1. The van der Waals surface area contributed by atoms with Crippen molar-refractivity contribution in [1.29, 1.82) is 0 Å². The number of hydrogen-bond acceptors (Lipinski definition) is 4. The first kappa shape index (κ1) is 20.5. The van der Waals surface area contributed by atoms with Gasteiger partial charge in [-0.15, -0.1) is 0 Å². The molecular formula is C22H15ClFN3O4. The van der Waals surface area contributed by atoms with Gasteiger partial charge in [0.1, 0.15) is 12.4 Å². The second kappa shape index (κ2) is 8.16. The molecule has 0 saturated heterocycles. The summed E-state index contributed by atoms with van der Waals surface area (Å²) in [7, 11) is 0. The molecule has 9 heteroatoms. The van der Waals surface area contributed by atoms with Crippen LogP contribution in [0.5, 0.6) is 0 Å². The molecule has 0 aromatic heterocycles. The molecule has 3 aromatic carbocycles. The largest absolute Gasteiger partial charge is 0.324 e. The number of carbonyl (C=O) groups excluding carboxylic acids is 2. The van der Waals surface area contributed by atoms with Crippen molar-refractivity contribution in [3.63, 3.8) is 0 Å². The average Bonchev–Trinajstić information content (AvgIpc) is 2.89. The lowest BCUT2D eigenvalue weighted by molar-refractivity contribution is -0.384. The third-order valence-corrected chi connectivity index (χ3v) is 5.21. The van der Waals surface area contributed by atoms with Crippen LogP contribution in [0.1, 0.15) is 27.5 Å². The van der Waals surface area contributed by atoms with Gasteiger partial charge in [0.05, 0.1) is 11.0 Å². The molecule has 156 valence electrons. The molecule has 0 saturated carbocycles. The topological polar surface area (TPSA) is 92.5 Å². The summed E-state index contributed by atoms with van der Waals surface area (Å²) in [6.07, 6.45) is 0. The zero-order valence-corrected chi connectivity index (χ0v) is 16.7. The lowest BCUT2D eigenvalue weighted by Crippen LogP contribution is -2.39. The molecule has 0 spiro atoms. The number of non-ortho nitro benzene ring substituents is 1. The predicted octanol–water partition coefficient (Wildman–Crippen LogP) is 4.57. The van der Waals surface area contributed by atoms with Gasteiger partial charge in [-0.3, -0.25) is 19.7 Å². The Bertz CT molecular complexity index is 1180. The first-order valence-corrected chi connectivity index (χ1v) is 9.61. The van der Waals surface area contributed by atoms with Crippen molar-refractivity contribution in [3.05, 3.63) is 104 Å². The average molecular weight is 440 g/mol. The Labute approximate surface area is 181 Å². The minimum atomic E-state index is -0.740. The minimum absolute atomic E-state index is 0.155. The smallest absolute Gasteiger partial charge is 0.269 e. The van der Waals surface area contributed by atoms with Crippen LogP contribution < -0.4 is 5.32 Å². The number of halogens is 2. The number of rotatable bonds is 3. The van der Waals surface area contributed by atoms with Crippen LogP contribution in [0.4, 0.5) is 15.8 Å². The van der Waals surface area contributed by atoms with Gasteiger partial charge in [0.2, 0.25) is 5.91 Å². The minimum Gasteiger partial charge on any atom is -0.324 e. The lowest BCUT2D eigenvalue weighted by atomic mass is 9.95. The van der Waals surface area contributed by atoms with E-state index in [1.165, 1.54) is 53.4 Å². The fraction of sp³-hybridized carbons (Fsp3) is 0.0909. The first-order valence-electron chi connectivity index (χ1n) is 9.23. The molecule has 1 atom stereocenters. The third kappa shape index (κ3) is 4.10. The molecule has 1 heterocycles. The molecule has 7 nitrogen and oxygen atoms in total. The highest BCUT2D eigenvalue weighted by Gasteiger charge is 2.34. The normalized spacial score (nSPS) is 15.6. The fourth-order valence-corrected chi connectivity index (χ4v) is 3.74. The number of anilines is 1. The molecular weight excluding hydrogens is 425 g/mol. The van der Waals surface area contributed by atoms with E-state index in [-0.39, 0.29) is 17.8 Å². The Morgan fingerprint density at radius 1 is 1.10 bits per heavy atom. The van der Waals surface area contributed by atoms with Crippen molar-refractivity contribution in [1.82, 2.24) is 4.90 Å². The SMILES string of the molecule is O=C1CN(C(=O)c2ccc([N+](=O)[O-])cc2)C(c2ccc(F)cc2)c2cc(Cl)ccc2N1. The van der Waals surface area contributed by atoms with Crippen molar-refractivity contribution in [2.45, 2.75) is 6.04 Å². The fourth-order valence-electron chi connectivity index (χ4n) is 3.56. The second-order valence-corrected chi connectivity index (χ2v) is 7.41. The number of nitro groups is 1. The highest BCUT2D eigenvalue weighted by molar-refractivity contribution is 6.30. The molecule has 1 aliphatic heterocycles. The van der Waals surface area contributed by atoms with E-state index in [1.54, 1.807) is 18.2 Å². The number of amides is 2. The molecule has 1 aliphatic rings. The third-order valence-electron chi connectivity index (χ3n) is 4.98. The van der Waals surface area contributed by atoms with Crippen molar-refractivity contribution < 1.29 is 18.9 Å². The predicted molar refractivity (Wildman–Crippen MR) is 112 cm³/mol. The molecule has 4 rings (SSSR count). The Balaban J connectivity index is 1.85. The quantitative estimate of drug-likeness (QED) is 0.478. The van der Waals surface area contributed by atoms with E-state index in [0.29, 0.717) is 21.8 Å². The second-order valence-electron chi connectivity index (χ2n) is 6.97. The molecule has 0 bridgehead atoms.